The van der Waals surface area contributed by atoms with Crippen molar-refractivity contribution < 1.29 is 16.8 Å². The fraction of sp³-hybridized carbons (Fsp3) is 0.0500. The van der Waals surface area contributed by atoms with Crippen LogP contribution in [0.1, 0.15) is 5.56 Å². The highest BCUT2D eigenvalue weighted by Gasteiger charge is 2.19. The van der Waals surface area contributed by atoms with E-state index in [2.05, 4.69) is 26.5 Å². The highest BCUT2D eigenvalue weighted by Crippen LogP contribution is 2.17. The van der Waals surface area contributed by atoms with Crippen LogP contribution in [0, 0.1) is 0 Å². The van der Waals surface area contributed by atoms with Crippen LogP contribution in [0.3, 0.4) is 0 Å². The van der Waals surface area contributed by atoms with E-state index in [-0.39, 0.29) is 15.5 Å². The smallest absolute Gasteiger partial charge is 0.238 e. The summed E-state index contributed by atoms with van der Waals surface area (Å²) in [4.78, 5) is 0.170. The number of primary sulfonamides is 1. The minimum Gasteiger partial charge on any atom is -0.278 e. The lowest BCUT2D eigenvalue weighted by Crippen LogP contribution is -2.19. The van der Waals surface area contributed by atoms with Crippen molar-refractivity contribution in [3.05, 3.63) is 88.9 Å². The summed E-state index contributed by atoms with van der Waals surface area (Å²) in [5, 5.41) is 9.38. The van der Waals surface area contributed by atoms with Gasteiger partial charge in [-0.1, -0.05) is 46.3 Å². The summed E-state index contributed by atoms with van der Waals surface area (Å²) in [6.45, 7) is 0. The lowest BCUT2D eigenvalue weighted by atomic mass is 10.1. The zero-order valence-electron chi connectivity index (χ0n) is 15.6. The van der Waals surface area contributed by atoms with Crippen molar-refractivity contribution >= 4 is 47.2 Å². The third-order valence-corrected chi connectivity index (χ3v) is 7.21. The number of sulfone groups is 1. The Hall–Kier alpha value is -2.53. The largest absolute Gasteiger partial charge is 0.278 e. The molecule has 7 nitrogen and oxygen atoms in total. The molecule has 0 aliphatic heterocycles. The molecule has 3 aromatic carbocycles. The average Bonchev–Trinajstić information content (AvgIpc) is 2.72. The highest BCUT2D eigenvalue weighted by atomic mass is 79.9. The van der Waals surface area contributed by atoms with Crippen molar-refractivity contribution in [3.8, 4) is 0 Å². The molecule has 0 saturated heterocycles. The fourth-order valence-corrected chi connectivity index (χ4v) is 4.67. The van der Waals surface area contributed by atoms with Crippen LogP contribution in [0.25, 0.3) is 0 Å². The number of nitrogens with zero attached hydrogens (tertiary/aromatic N) is 1. The molecule has 0 saturated carbocycles. The molecule has 3 rings (SSSR count). The van der Waals surface area contributed by atoms with Crippen molar-refractivity contribution in [2.24, 2.45) is 10.2 Å². The molecule has 0 aliphatic carbocycles. The van der Waals surface area contributed by atoms with Crippen LogP contribution in [0.2, 0.25) is 0 Å². The summed E-state index contributed by atoms with van der Waals surface area (Å²) < 4.78 is 49.3. The summed E-state index contributed by atoms with van der Waals surface area (Å²) in [5.74, 6) is -0.319. The van der Waals surface area contributed by atoms with Gasteiger partial charge in [-0.3, -0.25) is 5.43 Å². The van der Waals surface area contributed by atoms with Crippen LogP contribution in [-0.2, 0) is 19.9 Å². The summed E-state index contributed by atoms with van der Waals surface area (Å²) in [6, 6.07) is 20.9. The van der Waals surface area contributed by atoms with E-state index in [9.17, 15) is 16.8 Å². The molecule has 0 amide bonds. The minimum atomic E-state index is -3.80. The summed E-state index contributed by atoms with van der Waals surface area (Å²) >= 11 is 3.36. The van der Waals surface area contributed by atoms with E-state index in [1.54, 1.807) is 42.5 Å². The highest BCUT2D eigenvalue weighted by molar-refractivity contribution is 9.10. The Morgan fingerprint density at radius 3 is 2.00 bits per heavy atom. The van der Waals surface area contributed by atoms with Gasteiger partial charge < -0.3 is 0 Å². The summed E-state index contributed by atoms with van der Waals surface area (Å²) in [7, 11) is -7.43. The Bertz CT molecular complexity index is 1260. The van der Waals surface area contributed by atoms with Crippen molar-refractivity contribution in [2.45, 2.75) is 9.79 Å². The van der Waals surface area contributed by atoms with E-state index in [0.29, 0.717) is 17.0 Å². The van der Waals surface area contributed by atoms with Gasteiger partial charge in [0.15, 0.2) is 9.84 Å². The van der Waals surface area contributed by atoms with Crippen LogP contribution in [0.5, 0.6) is 0 Å². The molecule has 0 unspecified atom stereocenters. The first-order chi connectivity index (χ1) is 14.1. The number of nitrogens with one attached hydrogen (secondary N) is 1. The zero-order valence-corrected chi connectivity index (χ0v) is 18.8. The maximum absolute atomic E-state index is 12.9. The maximum atomic E-state index is 12.9. The molecule has 3 N–H and O–H groups in total. The Kier molecular flexibility index (Phi) is 6.71. The molecule has 0 heterocycles. The molecule has 0 aliphatic rings. The molecule has 0 aromatic heterocycles. The number of anilines is 1. The van der Waals surface area contributed by atoms with Gasteiger partial charge in [0.05, 0.1) is 26.9 Å². The van der Waals surface area contributed by atoms with E-state index in [1.165, 1.54) is 36.4 Å². The SMILES string of the molecule is NS(=O)(=O)c1ccc(N/N=C(/CS(=O)(=O)c2ccccc2)c2ccc(Br)cc2)cc1. The van der Waals surface area contributed by atoms with Crippen LogP contribution in [-0.4, -0.2) is 28.3 Å². The van der Waals surface area contributed by atoms with Gasteiger partial charge in [-0.25, -0.2) is 22.0 Å². The number of sulfonamides is 1. The van der Waals surface area contributed by atoms with Crippen LogP contribution in [0.15, 0.2) is 98.2 Å². The molecule has 0 radical (unpaired) electrons. The van der Waals surface area contributed by atoms with E-state index < -0.39 is 19.9 Å². The number of rotatable bonds is 7. The number of hydrazone groups is 1. The van der Waals surface area contributed by atoms with Crippen LogP contribution in [0.4, 0.5) is 5.69 Å². The van der Waals surface area contributed by atoms with E-state index in [4.69, 9.17) is 5.14 Å². The topological polar surface area (TPSA) is 119 Å². The van der Waals surface area contributed by atoms with Crippen molar-refractivity contribution in [3.63, 3.8) is 0 Å². The molecule has 0 spiro atoms. The summed E-state index contributed by atoms with van der Waals surface area (Å²) in [6.07, 6.45) is 0. The van der Waals surface area contributed by atoms with Crippen molar-refractivity contribution in [1.82, 2.24) is 0 Å². The second-order valence-corrected chi connectivity index (χ2v) is 10.8. The number of halogens is 1. The van der Waals surface area contributed by atoms with Gasteiger partial charge in [-0.15, -0.1) is 0 Å². The standard InChI is InChI=1S/C20H18BrN3O4S2/c21-16-8-6-15(7-9-16)20(14-29(25,26)18-4-2-1-3-5-18)24-23-17-10-12-19(13-11-17)30(22,27)28/h1-13,23H,14H2,(H2,22,27,28)/b24-20-. The second-order valence-electron chi connectivity index (χ2n) is 6.32. The predicted octanol–water partition coefficient (Wildman–Crippen LogP) is 3.39. The molecular formula is C20H18BrN3O4S2. The zero-order chi connectivity index (χ0) is 21.8. The Morgan fingerprint density at radius 2 is 1.43 bits per heavy atom. The van der Waals surface area contributed by atoms with Crippen molar-refractivity contribution in [2.75, 3.05) is 11.2 Å². The second kappa shape index (κ2) is 9.09. The van der Waals surface area contributed by atoms with Gasteiger partial charge in [0, 0.05) is 4.47 Å². The normalized spacial score (nSPS) is 12.5. The number of hydrogen-bond donors (Lipinski definition) is 2. The van der Waals surface area contributed by atoms with Gasteiger partial charge in [0.25, 0.3) is 0 Å². The third kappa shape index (κ3) is 5.76. The number of hydrogen-bond acceptors (Lipinski definition) is 6. The Balaban J connectivity index is 1.92. The molecule has 0 fully saturated rings. The lowest BCUT2D eigenvalue weighted by molar-refractivity contribution is 0.596. The van der Waals surface area contributed by atoms with Crippen LogP contribution >= 0.6 is 15.9 Å². The quantitative estimate of drug-likeness (QED) is 0.375. The van der Waals surface area contributed by atoms with Gasteiger partial charge in [-0.05, 0) is 54.1 Å². The van der Waals surface area contributed by atoms with Gasteiger partial charge in [0.1, 0.15) is 0 Å². The molecular weight excluding hydrogens is 490 g/mol. The molecule has 0 atom stereocenters. The molecule has 30 heavy (non-hydrogen) atoms. The molecule has 3 aromatic rings. The number of benzene rings is 3. The Labute approximate surface area is 183 Å². The third-order valence-electron chi connectivity index (χ3n) is 4.11. The fourth-order valence-electron chi connectivity index (χ4n) is 2.56. The first-order valence-electron chi connectivity index (χ1n) is 8.64. The maximum Gasteiger partial charge on any atom is 0.238 e. The van der Waals surface area contributed by atoms with E-state index >= 15 is 0 Å². The van der Waals surface area contributed by atoms with Crippen LogP contribution < -0.4 is 10.6 Å². The van der Waals surface area contributed by atoms with Gasteiger partial charge >= 0.3 is 0 Å². The Morgan fingerprint density at radius 1 is 0.833 bits per heavy atom. The lowest BCUT2D eigenvalue weighted by Gasteiger charge is -2.10. The summed E-state index contributed by atoms with van der Waals surface area (Å²) in [5.41, 5.74) is 4.21. The van der Waals surface area contributed by atoms with E-state index in [1.807, 2.05) is 0 Å². The molecule has 156 valence electrons. The van der Waals surface area contributed by atoms with Gasteiger partial charge in [0.2, 0.25) is 10.0 Å². The molecule has 0 bridgehead atoms. The van der Waals surface area contributed by atoms with Crippen molar-refractivity contribution in [1.29, 1.82) is 0 Å². The minimum absolute atomic E-state index is 0.0307. The predicted molar refractivity (Wildman–Crippen MR) is 121 cm³/mol. The molecule has 10 heteroatoms. The monoisotopic (exact) mass is 507 g/mol. The first kappa shape index (κ1) is 22.2. The van der Waals surface area contributed by atoms with E-state index in [0.717, 1.165) is 4.47 Å². The van der Waals surface area contributed by atoms with Gasteiger partial charge in [-0.2, -0.15) is 5.10 Å². The number of nitrogens with two attached hydrogens (primary N) is 1. The average molecular weight is 508 g/mol. The first-order valence-corrected chi connectivity index (χ1v) is 12.6.